The summed E-state index contributed by atoms with van der Waals surface area (Å²) in [6.45, 7) is 2.74. The number of amides is 1. The van der Waals surface area contributed by atoms with E-state index >= 15 is 0 Å². The molecule has 0 saturated heterocycles. The fourth-order valence-corrected chi connectivity index (χ4v) is 1.60. The van der Waals surface area contributed by atoms with Crippen molar-refractivity contribution in [3.8, 4) is 11.8 Å². The average Bonchev–Trinajstić information content (AvgIpc) is 2.39. The van der Waals surface area contributed by atoms with Gasteiger partial charge in [-0.25, -0.2) is 0 Å². The summed E-state index contributed by atoms with van der Waals surface area (Å²) in [7, 11) is 0. The molecular weight excluding hydrogens is 246 g/mol. The highest BCUT2D eigenvalue weighted by molar-refractivity contribution is 6.18. The van der Waals surface area contributed by atoms with Gasteiger partial charge in [-0.05, 0) is 18.4 Å². The van der Waals surface area contributed by atoms with Crippen LogP contribution in [0.1, 0.15) is 12.5 Å². The average molecular weight is 262 g/mol. The van der Waals surface area contributed by atoms with Gasteiger partial charge in [-0.15, -0.1) is 11.6 Å². The topological polar surface area (TPSA) is 20.3 Å². The second kappa shape index (κ2) is 8.38. The molecule has 1 aromatic carbocycles. The van der Waals surface area contributed by atoms with Crippen molar-refractivity contribution in [3.63, 3.8) is 0 Å². The minimum Gasteiger partial charge on any atom is -0.324 e. The van der Waals surface area contributed by atoms with E-state index in [1.807, 2.05) is 42.5 Å². The lowest BCUT2D eigenvalue weighted by Gasteiger charge is -2.18. The molecule has 0 bridgehead atoms. The summed E-state index contributed by atoms with van der Waals surface area (Å²) in [6.07, 6.45) is 3.71. The normalized spacial score (nSPS) is 9.89. The fraction of sp³-hybridized carbons (Fsp3) is 0.267. The van der Waals surface area contributed by atoms with Crippen LogP contribution in [0.25, 0.3) is 0 Å². The number of nitrogens with zero attached hydrogens (tertiary/aromatic N) is 1. The van der Waals surface area contributed by atoms with Crippen LogP contribution in [0.15, 0.2) is 42.5 Å². The quantitative estimate of drug-likeness (QED) is 0.453. The van der Waals surface area contributed by atoms with Gasteiger partial charge in [0.15, 0.2) is 0 Å². The highest BCUT2D eigenvalue weighted by Gasteiger charge is 2.09. The van der Waals surface area contributed by atoms with Crippen molar-refractivity contribution in [1.82, 2.24) is 4.90 Å². The number of allylic oxidation sites excluding steroid dienone is 1. The van der Waals surface area contributed by atoms with Gasteiger partial charge in [0, 0.05) is 19.0 Å². The zero-order valence-electron chi connectivity index (χ0n) is 10.4. The predicted molar refractivity (Wildman–Crippen MR) is 75.2 cm³/mol. The first-order valence-corrected chi connectivity index (χ1v) is 6.28. The van der Waals surface area contributed by atoms with E-state index in [1.54, 1.807) is 11.8 Å². The number of carbonyl (C=O) groups is 1. The summed E-state index contributed by atoms with van der Waals surface area (Å²) in [6, 6.07) is 9.85. The third kappa shape index (κ3) is 5.07. The van der Waals surface area contributed by atoms with E-state index in [0.29, 0.717) is 19.0 Å². The lowest BCUT2D eigenvalue weighted by Crippen LogP contribution is -2.29. The van der Waals surface area contributed by atoms with Gasteiger partial charge >= 0.3 is 0 Å². The number of alkyl halides is 1. The third-order valence-corrected chi connectivity index (χ3v) is 2.50. The largest absolute Gasteiger partial charge is 0.324 e. The maximum atomic E-state index is 11.8. The van der Waals surface area contributed by atoms with Gasteiger partial charge in [0.2, 0.25) is 0 Å². The molecular formula is C15H16ClNO. The maximum absolute atomic E-state index is 11.8. The van der Waals surface area contributed by atoms with Crippen LogP contribution in [-0.2, 0) is 11.3 Å². The van der Waals surface area contributed by atoms with E-state index in [1.165, 1.54) is 0 Å². The standard InChI is InChI=1S/C15H16ClNO/c1-2-8-15(18)17(12-7-6-11-16)13-14-9-4-3-5-10-14/h3-7,9-10H,11-13H2,1H3/b7-6-. The molecule has 0 aliphatic heterocycles. The molecule has 0 N–H and O–H groups in total. The van der Waals surface area contributed by atoms with Gasteiger partial charge in [-0.3, -0.25) is 4.79 Å². The van der Waals surface area contributed by atoms with E-state index < -0.39 is 0 Å². The van der Waals surface area contributed by atoms with Gasteiger partial charge in [-0.1, -0.05) is 48.4 Å². The van der Waals surface area contributed by atoms with Crippen LogP contribution in [0.3, 0.4) is 0 Å². The predicted octanol–water partition coefficient (Wildman–Crippen LogP) is 2.83. The van der Waals surface area contributed by atoms with Crippen LogP contribution < -0.4 is 0 Å². The molecule has 94 valence electrons. The van der Waals surface area contributed by atoms with Gasteiger partial charge in [0.25, 0.3) is 5.91 Å². The van der Waals surface area contributed by atoms with Crippen LogP contribution in [0.4, 0.5) is 0 Å². The van der Waals surface area contributed by atoms with Crippen LogP contribution in [0.2, 0.25) is 0 Å². The lowest BCUT2D eigenvalue weighted by molar-refractivity contribution is -0.125. The van der Waals surface area contributed by atoms with Crippen molar-refractivity contribution >= 4 is 17.5 Å². The maximum Gasteiger partial charge on any atom is 0.299 e. The molecule has 0 aliphatic rings. The molecule has 1 rings (SSSR count). The Kier molecular flexibility index (Phi) is 6.68. The molecule has 0 unspecified atom stereocenters. The molecule has 0 heterocycles. The number of hydrogen-bond donors (Lipinski definition) is 0. The highest BCUT2D eigenvalue weighted by Crippen LogP contribution is 2.04. The number of carbonyl (C=O) groups excluding carboxylic acids is 1. The molecule has 1 amide bonds. The zero-order valence-corrected chi connectivity index (χ0v) is 11.2. The summed E-state index contributed by atoms with van der Waals surface area (Å²) in [5.74, 6) is 5.48. The van der Waals surface area contributed by atoms with Crippen LogP contribution >= 0.6 is 11.6 Å². The van der Waals surface area contributed by atoms with Crippen LogP contribution in [0, 0.1) is 11.8 Å². The van der Waals surface area contributed by atoms with Crippen molar-refractivity contribution < 1.29 is 4.79 Å². The fourth-order valence-electron chi connectivity index (χ4n) is 1.47. The van der Waals surface area contributed by atoms with Crippen LogP contribution in [-0.4, -0.2) is 23.2 Å². The Morgan fingerprint density at radius 2 is 2.06 bits per heavy atom. The molecule has 0 aliphatic carbocycles. The summed E-state index contributed by atoms with van der Waals surface area (Å²) in [5.41, 5.74) is 1.09. The number of rotatable bonds is 5. The summed E-state index contributed by atoms with van der Waals surface area (Å²) < 4.78 is 0. The molecule has 0 aromatic heterocycles. The lowest BCUT2D eigenvalue weighted by atomic mass is 10.2. The Labute approximate surface area is 113 Å². The summed E-state index contributed by atoms with van der Waals surface area (Å²) >= 11 is 5.57. The van der Waals surface area contributed by atoms with Gasteiger partial charge in [0.05, 0.1) is 0 Å². The first-order valence-electron chi connectivity index (χ1n) is 5.74. The summed E-state index contributed by atoms with van der Waals surface area (Å²) in [5, 5.41) is 0. The van der Waals surface area contributed by atoms with E-state index in [2.05, 4.69) is 11.8 Å². The van der Waals surface area contributed by atoms with Crippen molar-refractivity contribution in [2.24, 2.45) is 0 Å². The zero-order chi connectivity index (χ0) is 13.2. The Hall–Kier alpha value is -1.72. The van der Waals surface area contributed by atoms with Crippen molar-refractivity contribution in [1.29, 1.82) is 0 Å². The minimum absolute atomic E-state index is 0.166. The number of halogens is 1. The Bertz CT molecular complexity index is 456. The Morgan fingerprint density at radius 1 is 1.33 bits per heavy atom. The minimum atomic E-state index is -0.166. The SMILES string of the molecule is CC#CC(=O)N(C/C=C\CCl)Cc1ccccc1. The second-order valence-corrected chi connectivity index (χ2v) is 3.98. The van der Waals surface area contributed by atoms with E-state index in [-0.39, 0.29) is 5.91 Å². The molecule has 0 spiro atoms. The monoisotopic (exact) mass is 261 g/mol. The van der Waals surface area contributed by atoms with Gasteiger partial charge in [-0.2, -0.15) is 0 Å². The third-order valence-electron chi connectivity index (χ3n) is 2.32. The van der Waals surface area contributed by atoms with E-state index in [0.717, 1.165) is 5.56 Å². The molecule has 1 aromatic rings. The first-order chi connectivity index (χ1) is 8.77. The smallest absolute Gasteiger partial charge is 0.299 e. The summed E-state index contributed by atoms with van der Waals surface area (Å²) in [4.78, 5) is 13.5. The molecule has 18 heavy (non-hydrogen) atoms. The second-order valence-electron chi connectivity index (χ2n) is 3.67. The van der Waals surface area contributed by atoms with Crippen molar-refractivity contribution in [2.75, 3.05) is 12.4 Å². The van der Waals surface area contributed by atoms with Crippen molar-refractivity contribution in [3.05, 3.63) is 48.0 Å². The van der Waals surface area contributed by atoms with Crippen molar-refractivity contribution in [2.45, 2.75) is 13.5 Å². The molecule has 0 saturated carbocycles. The molecule has 3 heteroatoms. The number of benzene rings is 1. The highest BCUT2D eigenvalue weighted by atomic mass is 35.5. The van der Waals surface area contributed by atoms with Gasteiger partial charge < -0.3 is 4.90 Å². The number of hydrogen-bond acceptors (Lipinski definition) is 1. The first kappa shape index (κ1) is 14.3. The Morgan fingerprint density at radius 3 is 2.67 bits per heavy atom. The molecule has 0 atom stereocenters. The molecule has 0 fully saturated rings. The van der Waals surface area contributed by atoms with E-state index in [9.17, 15) is 4.79 Å². The molecule has 2 nitrogen and oxygen atoms in total. The Balaban J connectivity index is 2.73. The molecule has 0 radical (unpaired) electrons. The van der Waals surface area contributed by atoms with E-state index in [4.69, 9.17) is 11.6 Å². The van der Waals surface area contributed by atoms with Gasteiger partial charge in [0.1, 0.15) is 0 Å². The van der Waals surface area contributed by atoms with Crippen LogP contribution in [0.5, 0.6) is 0 Å².